The third-order valence-electron chi connectivity index (χ3n) is 5.05. The van der Waals surface area contributed by atoms with E-state index < -0.39 is 0 Å². The number of anilines is 1. The number of nitrogens with zero attached hydrogens (tertiary/aromatic N) is 4. The number of imidazole rings is 1. The predicted molar refractivity (Wildman–Crippen MR) is 99.2 cm³/mol. The van der Waals surface area contributed by atoms with E-state index >= 15 is 0 Å². The maximum absolute atomic E-state index is 12.0. The van der Waals surface area contributed by atoms with E-state index in [-0.39, 0.29) is 5.97 Å². The summed E-state index contributed by atoms with van der Waals surface area (Å²) in [4.78, 5) is 16.8. The molecule has 0 bridgehead atoms. The van der Waals surface area contributed by atoms with Crippen LogP contribution in [0.5, 0.6) is 0 Å². The molecule has 0 unspecified atom stereocenters. The van der Waals surface area contributed by atoms with Crippen LogP contribution in [0.25, 0.3) is 17.0 Å². The number of esters is 1. The molecule has 3 aromatic rings. The lowest BCUT2D eigenvalue weighted by Gasteiger charge is -2.24. The van der Waals surface area contributed by atoms with Crippen LogP contribution in [0.2, 0.25) is 0 Å². The summed E-state index contributed by atoms with van der Waals surface area (Å²) in [5.74, 6) is 0.549. The monoisotopic (exact) mass is 353 g/mol. The van der Waals surface area contributed by atoms with E-state index in [0.717, 1.165) is 35.7 Å². The standard InChI is InChI=1S/C19H23N5O2/c1-23-15(10-11-20-23)17-18(21-14-6-4-3-5-7-14)24-12-13(19(25)26-2)8-9-16(24)22-17/h8-12,14,21H,3-7H2,1-2H3. The second-order valence-corrected chi connectivity index (χ2v) is 6.77. The van der Waals surface area contributed by atoms with Crippen LogP contribution in [-0.2, 0) is 11.8 Å². The Bertz CT molecular complexity index is 937. The molecule has 1 aliphatic rings. The number of hydrogen-bond donors (Lipinski definition) is 1. The first-order chi connectivity index (χ1) is 12.7. The largest absolute Gasteiger partial charge is 0.465 e. The number of pyridine rings is 1. The lowest BCUT2D eigenvalue weighted by atomic mass is 9.95. The molecule has 0 spiro atoms. The Hall–Kier alpha value is -2.83. The van der Waals surface area contributed by atoms with Gasteiger partial charge in [0.05, 0.1) is 18.4 Å². The molecule has 0 amide bonds. The molecule has 26 heavy (non-hydrogen) atoms. The molecule has 1 fully saturated rings. The Balaban J connectivity index is 1.84. The minimum Gasteiger partial charge on any atom is -0.465 e. The van der Waals surface area contributed by atoms with Crippen LogP contribution in [0.3, 0.4) is 0 Å². The predicted octanol–water partition coefficient (Wildman–Crippen LogP) is 3.27. The van der Waals surface area contributed by atoms with Gasteiger partial charge >= 0.3 is 5.97 Å². The molecular formula is C19H23N5O2. The Kier molecular flexibility index (Phi) is 4.36. The molecule has 0 radical (unpaired) electrons. The maximum atomic E-state index is 12.0. The van der Waals surface area contributed by atoms with Gasteiger partial charge in [-0.1, -0.05) is 19.3 Å². The number of hydrogen-bond acceptors (Lipinski definition) is 5. The van der Waals surface area contributed by atoms with Gasteiger partial charge < -0.3 is 10.1 Å². The Labute approximate surface area is 152 Å². The van der Waals surface area contributed by atoms with Crippen LogP contribution >= 0.6 is 0 Å². The zero-order valence-corrected chi connectivity index (χ0v) is 15.1. The van der Waals surface area contributed by atoms with Crippen LogP contribution in [0, 0.1) is 0 Å². The van der Waals surface area contributed by atoms with Crippen LogP contribution in [-0.4, -0.2) is 38.3 Å². The summed E-state index contributed by atoms with van der Waals surface area (Å²) in [6.07, 6.45) is 9.63. The minimum atomic E-state index is -0.355. The molecule has 3 aromatic heterocycles. The molecular weight excluding hydrogens is 330 g/mol. The van der Waals surface area contributed by atoms with Crippen molar-refractivity contribution < 1.29 is 9.53 Å². The maximum Gasteiger partial charge on any atom is 0.339 e. The highest BCUT2D eigenvalue weighted by molar-refractivity contribution is 5.90. The van der Waals surface area contributed by atoms with Gasteiger partial charge in [-0.3, -0.25) is 9.08 Å². The van der Waals surface area contributed by atoms with Crippen LogP contribution in [0.1, 0.15) is 42.5 Å². The molecule has 0 aliphatic heterocycles. The van der Waals surface area contributed by atoms with Gasteiger partial charge in [-0.15, -0.1) is 0 Å². The van der Waals surface area contributed by atoms with Crippen molar-refractivity contribution in [2.24, 2.45) is 7.05 Å². The molecule has 136 valence electrons. The fourth-order valence-electron chi connectivity index (χ4n) is 3.65. The first-order valence-electron chi connectivity index (χ1n) is 9.02. The molecule has 1 aliphatic carbocycles. The molecule has 4 rings (SSSR count). The fraction of sp³-hybridized carbons (Fsp3) is 0.421. The Morgan fingerprint density at radius 3 is 2.73 bits per heavy atom. The highest BCUT2D eigenvalue weighted by Crippen LogP contribution is 2.31. The summed E-state index contributed by atoms with van der Waals surface area (Å²) in [5, 5.41) is 7.96. The summed E-state index contributed by atoms with van der Waals surface area (Å²) in [5.41, 5.74) is 3.07. The van der Waals surface area contributed by atoms with Gasteiger partial charge in [-0.05, 0) is 31.0 Å². The number of aryl methyl sites for hydroxylation is 1. The highest BCUT2D eigenvalue weighted by Gasteiger charge is 2.22. The number of carbonyl (C=O) groups excluding carboxylic acids is 1. The fourth-order valence-corrected chi connectivity index (χ4v) is 3.65. The average Bonchev–Trinajstić information content (AvgIpc) is 3.25. The SMILES string of the molecule is COC(=O)c1ccc2nc(-c3ccnn3C)c(NC3CCCCC3)n2c1. The van der Waals surface area contributed by atoms with Gasteiger partial charge in [0.1, 0.15) is 17.2 Å². The lowest BCUT2D eigenvalue weighted by molar-refractivity contribution is 0.0600. The van der Waals surface area contributed by atoms with E-state index in [2.05, 4.69) is 10.4 Å². The molecule has 1 N–H and O–H groups in total. The first kappa shape index (κ1) is 16.6. The lowest BCUT2D eigenvalue weighted by Crippen LogP contribution is -2.23. The van der Waals surface area contributed by atoms with Crippen molar-refractivity contribution in [2.45, 2.75) is 38.1 Å². The van der Waals surface area contributed by atoms with E-state index in [9.17, 15) is 4.79 Å². The molecule has 3 heterocycles. The van der Waals surface area contributed by atoms with Gasteiger partial charge in [-0.2, -0.15) is 5.10 Å². The van der Waals surface area contributed by atoms with Crippen molar-refractivity contribution in [3.05, 3.63) is 36.2 Å². The smallest absolute Gasteiger partial charge is 0.339 e. The number of methoxy groups -OCH3 is 1. The topological polar surface area (TPSA) is 73.4 Å². The summed E-state index contributed by atoms with van der Waals surface area (Å²) in [6, 6.07) is 5.95. The minimum absolute atomic E-state index is 0.355. The zero-order chi connectivity index (χ0) is 18.1. The van der Waals surface area contributed by atoms with Gasteiger partial charge in [0, 0.05) is 25.5 Å². The van der Waals surface area contributed by atoms with E-state index in [1.807, 2.05) is 28.3 Å². The quantitative estimate of drug-likeness (QED) is 0.729. The second kappa shape index (κ2) is 6.82. The number of carbonyl (C=O) groups is 1. The van der Waals surface area contributed by atoms with Crippen molar-refractivity contribution in [3.8, 4) is 11.4 Å². The van der Waals surface area contributed by atoms with Crippen molar-refractivity contribution in [1.82, 2.24) is 19.2 Å². The number of aromatic nitrogens is 4. The van der Waals surface area contributed by atoms with E-state index in [0.29, 0.717) is 11.6 Å². The van der Waals surface area contributed by atoms with Gasteiger partial charge in [0.2, 0.25) is 0 Å². The highest BCUT2D eigenvalue weighted by atomic mass is 16.5. The van der Waals surface area contributed by atoms with E-state index in [1.54, 1.807) is 18.5 Å². The number of ether oxygens (including phenoxy) is 1. The van der Waals surface area contributed by atoms with Crippen LogP contribution < -0.4 is 5.32 Å². The Morgan fingerprint density at radius 2 is 2.04 bits per heavy atom. The van der Waals surface area contributed by atoms with Crippen LogP contribution in [0.4, 0.5) is 5.82 Å². The first-order valence-corrected chi connectivity index (χ1v) is 9.02. The van der Waals surface area contributed by atoms with Crippen molar-refractivity contribution in [2.75, 3.05) is 12.4 Å². The molecule has 7 nitrogen and oxygen atoms in total. The third kappa shape index (κ3) is 2.94. The molecule has 0 aromatic carbocycles. The molecule has 0 atom stereocenters. The van der Waals surface area contributed by atoms with Gasteiger partial charge in [-0.25, -0.2) is 9.78 Å². The second-order valence-electron chi connectivity index (χ2n) is 6.77. The molecule has 1 saturated carbocycles. The number of rotatable bonds is 4. The average molecular weight is 353 g/mol. The van der Waals surface area contributed by atoms with E-state index in [4.69, 9.17) is 9.72 Å². The van der Waals surface area contributed by atoms with Crippen molar-refractivity contribution >= 4 is 17.4 Å². The number of fused-ring (bicyclic) bond motifs is 1. The van der Waals surface area contributed by atoms with Gasteiger partial charge in [0.15, 0.2) is 0 Å². The van der Waals surface area contributed by atoms with Gasteiger partial charge in [0.25, 0.3) is 0 Å². The van der Waals surface area contributed by atoms with Crippen molar-refractivity contribution in [3.63, 3.8) is 0 Å². The zero-order valence-electron chi connectivity index (χ0n) is 15.1. The normalized spacial score (nSPS) is 15.3. The summed E-state index contributed by atoms with van der Waals surface area (Å²) in [7, 11) is 3.30. The van der Waals surface area contributed by atoms with Crippen LogP contribution in [0.15, 0.2) is 30.6 Å². The summed E-state index contributed by atoms with van der Waals surface area (Å²) < 4.78 is 8.63. The molecule has 7 heteroatoms. The number of nitrogens with one attached hydrogen (secondary N) is 1. The summed E-state index contributed by atoms with van der Waals surface area (Å²) in [6.45, 7) is 0. The summed E-state index contributed by atoms with van der Waals surface area (Å²) >= 11 is 0. The van der Waals surface area contributed by atoms with E-state index in [1.165, 1.54) is 26.4 Å². The third-order valence-corrected chi connectivity index (χ3v) is 5.05. The van der Waals surface area contributed by atoms with Crippen molar-refractivity contribution in [1.29, 1.82) is 0 Å². The molecule has 0 saturated heterocycles. The Morgan fingerprint density at radius 1 is 1.23 bits per heavy atom.